The topological polar surface area (TPSA) is 29.0 Å². The Hall–Kier alpha value is -2.56. The molecule has 122 valence electrons. The molecule has 2 heterocycles. The summed E-state index contributed by atoms with van der Waals surface area (Å²) in [4.78, 5) is 10.3. The van der Waals surface area contributed by atoms with Crippen molar-refractivity contribution in [1.82, 2.24) is 9.97 Å². The van der Waals surface area contributed by atoms with Crippen molar-refractivity contribution < 1.29 is 8.78 Å². The number of nitrogens with zero attached hydrogens (tertiary/aromatic N) is 3. The van der Waals surface area contributed by atoms with Gasteiger partial charge >= 0.3 is 0 Å². The summed E-state index contributed by atoms with van der Waals surface area (Å²) >= 11 is 0. The number of benzene rings is 2. The van der Waals surface area contributed by atoms with E-state index in [2.05, 4.69) is 33.9 Å². The summed E-state index contributed by atoms with van der Waals surface area (Å²) in [5.41, 5.74) is 3.10. The molecule has 0 bridgehead atoms. The molecule has 0 radical (unpaired) electrons. The Labute approximate surface area is 139 Å². The van der Waals surface area contributed by atoms with E-state index >= 15 is 0 Å². The highest BCUT2D eigenvalue weighted by molar-refractivity contribution is 5.89. The summed E-state index contributed by atoms with van der Waals surface area (Å²) in [6.45, 7) is 2.85. The number of anilines is 1. The maximum Gasteiger partial charge on any atom is 0.297 e. The minimum atomic E-state index is -2.68. The van der Waals surface area contributed by atoms with Gasteiger partial charge in [-0.15, -0.1) is 0 Å². The summed E-state index contributed by atoms with van der Waals surface area (Å²) in [6, 6.07) is 15.7. The van der Waals surface area contributed by atoms with Crippen LogP contribution in [-0.2, 0) is 6.42 Å². The van der Waals surface area contributed by atoms with Crippen LogP contribution in [-0.4, -0.2) is 16.5 Å². The van der Waals surface area contributed by atoms with Gasteiger partial charge in [0.05, 0.1) is 11.6 Å². The molecule has 4 rings (SSSR count). The first-order valence-corrected chi connectivity index (χ1v) is 8.04. The molecular weight excluding hydrogens is 308 g/mol. The fourth-order valence-electron chi connectivity index (χ4n) is 3.46. The first-order valence-electron chi connectivity index (χ1n) is 8.04. The average molecular weight is 325 g/mol. The van der Waals surface area contributed by atoms with Crippen LogP contribution in [0.5, 0.6) is 0 Å². The molecule has 2 aromatic carbocycles. The number of aromatic nitrogens is 2. The van der Waals surface area contributed by atoms with E-state index in [0.29, 0.717) is 11.3 Å². The maximum absolute atomic E-state index is 13.2. The molecular formula is C19H17F2N3. The minimum absolute atomic E-state index is 0.0822. The summed E-state index contributed by atoms with van der Waals surface area (Å²) in [7, 11) is 0. The van der Waals surface area contributed by atoms with Crippen LogP contribution < -0.4 is 4.90 Å². The van der Waals surface area contributed by atoms with Gasteiger partial charge in [-0.3, -0.25) is 0 Å². The van der Waals surface area contributed by atoms with Crippen molar-refractivity contribution in [2.24, 2.45) is 0 Å². The van der Waals surface area contributed by atoms with Crippen LogP contribution in [0.25, 0.3) is 10.9 Å². The summed E-state index contributed by atoms with van der Waals surface area (Å²) < 4.78 is 26.5. The van der Waals surface area contributed by atoms with Crippen LogP contribution in [0.2, 0.25) is 0 Å². The molecule has 3 aromatic rings. The van der Waals surface area contributed by atoms with Crippen molar-refractivity contribution >= 4 is 16.7 Å². The fourth-order valence-corrected chi connectivity index (χ4v) is 3.46. The lowest BCUT2D eigenvalue weighted by atomic mass is 9.93. The van der Waals surface area contributed by atoms with Gasteiger partial charge < -0.3 is 4.90 Å². The monoisotopic (exact) mass is 325 g/mol. The molecule has 1 aromatic heterocycles. The zero-order valence-electron chi connectivity index (χ0n) is 13.3. The van der Waals surface area contributed by atoms with E-state index in [0.717, 1.165) is 18.4 Å². The molecule has 1 unspecified atom stereocenters. The average Bonchev–Trinajstić information content (AvgIpc) is 2.61. The van der Waals surface area contributed by atoms with Gasteiger partial charge in [0.25, 0.3) is 6.43 Å². The SMILES string of the molecule is CC1c2ccccc2CCN1c1nc(C(F)F)nc2ccccc12. The Kier molecular flexibility index (Phi) is 3.63. The first-order chi connectivity index (χ1) is 11.6. The van der Waals surface area contributed by atoms with Gasteiger partial charge in [-0.2, -0.15) is 0 Å². The molecule has 0 aliphatic carbocycles. The molecule has 0 saturated heterocycles. The van der Waals surface area contributed by atoms with E-state index in [-0.39, 0.29) is 6.04 Å². The number of hydrogen-bond donors (Lipinski definition) is 0. The molecule has 1 aliphatic heterocycles. The smallest absolute Gasteiger partial charge is 0.297 e. The number of hydrogen-bond acceptors (Lipinski definition) is 3. The molecule has 0 amide bonds. The zero-order chi connectivity index (χ0) is 16.7. The van der Waals surface area contributed by atoms with Crippen LogP contribution in [0.15, 0.2) is 48.5 Å². The predicted molar refractivity (Wildman–Crippen MR) is 90.4 cm³/mol. The lowest BCUT2D eigenvalue weighted by molar-refractivity contribution is 0.141. The van der Waals surface area contributed by atoms with Crippen LogP contribution in [0.3, 0.4) is 0 Å². The molecule has 0 fully saturated rings. The Balaban J connectivity index is 1.87. The molecule has 0 saturated carbocycles. The van der Waals surface area contributed by atoms with Gasteiger partial charge in [-0.05, 0) is 36.6 Å². The van der Waals surface area contributed by atoms with Gasteiger partial charge in [-0.25, -0.2) is 18.7 Å². The first kappa shape index (κ1) is 15.0. The number of fused-ring (bicyclic) bond motifs is 2. The highest BCUT2D eigenvalue weighted by atomic mass is 19.3. The molecule has 0 spiro atoms. The number of para-hydroxylation sites is 1. The van der Waals surface area contributed by atoms with E-state index in [1.807, 2.05) is 30.3 Å². The molecule has 1 atom stereocenters. The fraction of sp³-hybridized carbons (Fsp3) is 0.263. The summed E-state index contributed by atoms with van der Waals surface area (Å²) in [5.74, 6) is 0.188. The lowest BCUT2D eigenvalue weighted by Crippen LogP contribution is -2.35. The normalized spacial score (nSPS) is 17.3. The predicted octanol–water partition coefficient (Wildman–Crippen LogP) is 4.69. The molecule has 3 nitrogen and oxygen atoms in total. The maximum atomic E-state index is 13.2. The standard InChI is InChI=1S/C19H17F2N3/c1-12-14-7-3-2-6-13(14)10-11-24(12)19-15-8-4-5-9-16(15)22-18(23-19)17(20)21/h2-9,12,17H,10-11H2,1H3. The number of rotatable bonds is 2. The van der Waals surface area contributed by atoms with Crippen molar-refractivity contribution in [3.05, 3.63) is 65.5 Å². The minimum Gasteiger partial charge on any atom is -0.349 e. The third kappa shape index (κ3) is 2.40. The van der Waals surface area contributed by atoms with E-state index in [1.165, 1.54) is 11.1 Å². The largest absolute Gasteiger partial charge is 0.349 e. The Morgan fingerprint density at radius 2 is 1.79 bits per heavy atom. The van der Waals surface area contributed by atoms with Crippen molar-refractivity contribution in [1.29, 1.82) is 0 Å². The zero-order valence-corrected chi connectivity index (χ0v) is 13.3. The van der Waals surface area contributed by atoms with E-state index in [9.17, 15) is 8.78 Å². The highest BCUT2D eigenvalue weighted by Gasteiger charge is 2.27. The molecule has 24 heavy (non-hydrogen) atoms. The van der Waals surface area contributed by atoms with Crippen molar-refractivity contribution in [2.45, 2.75) is 25.8 Å². The highest BCUT2D eigenvalue weighted by Crippen LogP contribution is 2.36. The van der Waals surface area contributed by atoms with Crippen LogP contribution in [0, 0.1) is 0 Å². The Morgan fingerprint density at radius 3 is 2.62 bits per heavy atom. The van der Waals surface area contributed by atoms with E-state index in [1.54, 1.807) is 6.07 Å². The van der Waals surface area contributed by atoms with Crippen molar-refractivity contribution in [2.75, 3.05) is 11.4 Å². The van der Waals surface area contributed by atoms with E-state index in [4.69, 9.17) is 0 Å². The molecule has 1 aliphatic rings. The summed E-state index contributed by atoms with van der Waals surface area (Å²) in [5, 5.41) is 0.813. The number of halogens is 2. The van der Waals surface area contributed by atoms with Gasteiger partial charge in [0.1, 0.15) is 5.82 Å². The van der Waals surface area contributed by atoms with Crippen molar-refractivity contribution in [3.8, 4) is 0 Å². The van der Waals surface area contributed by atoms with Crippen LogP contribution in [0.4, 0.5) is 14.6 Å². The lowest BCUT2D eigenvalue weighted by Gasteiger charge is -2.36. The summed E-state index contributed by atoms with van der Waals surface area (Å²) in [6.07, 6.45) is -1.80. The third-order valence-corrected chi connectivity index (χ3v) is 4.66. The van der Waals surface area contributed by atoms with Gasteiger partial charge in [0.2, 0.25) is 0 Å². The van der Waals surface area contributed by atoms with Gasteiger partial charge in [0.15, 0.2) is 5.82 Å². The second-order valence-corrected chi connectivity index (χ2v) is 6.04. The Bertz CT molecular complexity index is 895. The van der Waals surface area contributed by atoms with Gasteiger partial charge in [0, 0.05) is 11.9 Å². The number of alkyl halides is 2. The van der Waals surface area contributed by atoms with Crippen LogP contribution >= 0.6 is 0 Å². The van der Waals surface area contributed by atoms with Gasteiger partial charge in [-0.1, -0.05) is 36.4 Å². The van der Waals surface area contributed by atoms with E-state index < -0.39 is 12.2 Å². The second kappa shape index (κ2) is 5.82. The van der Waals surface area contributed by atoms with Crippen molar-refractivity contribution in [3.63, 3.8) is 0 Å². The molecule has 0 N–H and O–H groups in total. The second-order valence-electron chi connectivity index (χ2n) is 6.04. The third-order valence-electron chi connectivity index (χ3n) is 4.66. The van der Waals surface area contributed by atoms with Crippen LogP contribution in [0.1, 0.15) is 36.3 Å². The Morgan fingerprint density at radius 1 is 1.04 bits per heavy atom. The quantitative estimate of drug-likeness (QED) is 0.684. The molecule has 5 heteroatoms.